The van der Waals surface area contributed by atoms with Crippen molar-refractivity contribution < 1.29 is 19.1 Å². The predicted octanol–water partition coefficient (Wildman–Crippen LogP) is 12.1. The molecule has 6 heteroatoms. The SMILES string of the molecule is CCCCC/C=C\C/C=C\CCCCCCCCOC(=O)CCN1CCN(CCC(=O)OCCCCCCCC/C=C\C/C=C\CCCCC)CC1. The second-order valence-corrected chi connectivity index (χ2v) is 14.8. The van der Waals surface area contributed by atoms with Crippen LogP contribution in [0, 0.1) is 0 Å². The van der Waals surface area contributed by atoms with E-state index < -0.39 is 0 Å². The molecule has 1 fully saturated rings. The Hall–Kier alpha value is -2.18. The van der Waals surface area contributed by atoms with Crippen LogP contribution in [0.5, 0.6) is 0 Å². The van der Waals surface area contributed by atoms with Gasteiger partial charge in [0, 0.05) is 39.3 Å². The van der Waals surface area contributed by atoms with Crippen LogP contribution in [0.25, 0.3) is 0 Å². The number of unbranched alkanes of at least 4 members (excludes halogenated alkanes) is 18. The highest BCUT2D eigenvalue weighted by Gasteiger charge is 2.18. The van der Waals surface area contributed by atoms with Gasteiger partial charge in [-0.1, -0.05) is 140 Å². The lowest BCUT2D eigenvalue weighted by Gasteiger charge is -2.34. The minimum absolute atomic E-state index is 0.0763. The number of piperazine rings is 1. The Morgan fingerprint density at radius 1 is 0.423 bits per heavy atom. The smallest absolute Gasteiger partial charge is 0.307 e. The van der Waals surface area contributed by atoms with Gasteiger partial charge in [0.2, 0.25) is 0 Å². The van der Waals surface area contributed by atoms with Gasteiger partial charge in [-0.15, -0.1) is 0 Å². The average Bonchev–Trinajstić information content (AvgIpc) is 3.16. The first-order chi connectivity index (χ1) is 25.7. The molecule has 0 amide bonds. The van der Waals surface area contributed by atoms with Crippen LogP contribution in [0.4, 0.5) is 0 Å². The van der Waals surface area contributed by atoms with E-state index >= 15 is 0 Å². The monoisotopic (exact) mass is 727 g/mol. The van der Waals surface area contributed by atoms with Crippen LogP contribution in [0.3, 0.4) is 0 Å². The fourth-order valence-corrected chi connectivity index (χ4v) is 6.43. The van der Waals surface area contributed by atoms with Crippen LogP contribution in [0.2, 0.25) is 0 Å². The van der Waals surface area contributed by atoms with Gasteiger partial charge < -0.3 is 19.3 Å². The number of rotatable bonds is 36. The van der Waals surface area contributed by atoms with Gasteiger partial charge in [-0.25, -0.2) is 0 Å². The van der Waals surface area contributed by atoms with Gasteiger partial charge in [-0.05, 0) is 77.0 Å². The maximum absolute atomic E-state index is 12.2. The molecule has 0 aromatic carbocycles. The number of ether oxygens (including phenoxy) is 2. The summed E-state index contributed by atoms with van der Waals surface area (Å²) in [6.07, 6.45) is 48.5. The summed E-state index contributed by atoms with van der Waals surface area (Å²) in [6.45, 7) is 10.8. The second kappa shape index (κ2) is 38.5. The molecule has 0 bridgehead atoms. The normalized spacial score (nSPS) is 14.5. The van der Waals surface area contributed by atoms with E-state index in [0.717, 1.165) is 77.8 Å². The molecule has 1 rings (SSSR count). The van der Waals surface area contributed by atoms with Gasteiger partial charge in [-0.2, -0.15) is 0 Å². The summed E-state index contributed by atoms with van der Waals surface area (Å²) >= 11 is 0. The second-order valence-electron chi connectivity index (χ2n) is 14.8. The molecule has 0 radical (unpaired) electrons. The Kier molecular flexibility index (Phi) is 35.5. The lowest BCUT2D eigenvalue weighted by molar-refractivity contribution is -0.145. The molecule has 0 N–H and O–H groups in total. The molecule has 0 atom stereocenters. The van der Waals surface area contributed by atoms with Crippen LogP contribution in [-0.2, 0) is 19.1 Å². The first kappa shape index (κ1) is 47.8. The number of hydrogen-bond donors (Lipinski definition) is 0. The Morgan fingerprint density at radius 2 is 0.731 bits per heavy atom. The summed E-state index contributed by atoms with van der Waals surface area (Å²) in [5.41, 5.74) is 0. The molecule has 0 aromatic rings. The van der Waals surface area contributed by atoms with Crippen molar-refractivity contribution in [1.82, 2.24) is 9.80 Å². The van der Waals surface area contributed by atoms with Gasteiger partial charge in [0.15, 0.2) is 0 Å². The lowest BCUT2D eigenvalue weighted by atomic mass is 10.1. The highest BCUT2D eigenvalue weighted by molar-refractivity contribution is 5.69. The molecule has 0 spiro atoms. The fourth-order valence-electron chi connectivity index (χ4n) is 6.43. The van der Waals surface area contributed by atoms with Crippen LogP contribution in [0.15, 0.2) is 48.6 Å². The molecule has 52 heavy (non-hydrogen) atoms. The summed E-state index contributed by atoms with van der Waals surface area (Å²) in [4.78, 5) is 29.1. The molecule has 1 heterocycles. The van der Waals surface area contributed by atoms with Gasteiger partial charge >= 0.3 is 11.9 Å². The molecular weight excluding hydrogens is 645 g/mol. The standard InChI is InChI=1S/C46H82N2O4/c1-3-5-7-9-11-13-15-17-19-21-23-25-27-29-31-33-43-51-45(49)35-37-47-39-41-48(42-40-47)38-36-46(50)52-44-34-32-30-28-26-24-22-20-18-16-14-12-10-8-6-4-2/h11-14,17-20H,3-10,15-16,21-44H2,1-2H3/b13-11-,14-12-,19-17-,20-18-. The van der Waals surface area contributed by atoms with Crippen LogP contribution >= 0.6 is 0 Å². The lowest BCUT2D eigenvalue weighted by Crippen LogP contribution is -2.47. The molecule has 1 aliphatic rings. The summed E-state index contributed by atoms with van der Waals surface area (Å²) < 4.78 is 11.0. The quantitative estimate of drug-likeness (QED) is 0.0364. The van der Waals surface area contributed by atoms with Crippen molar-refractivity contribution in [3.8, 4) is 0 Å². The molecule has 0 unspecified atom stereocenters. The number of hydrogen-bond acceptors (Lipinski definition) is 6. The third-order valence-electron chi connectivity index (χ3n) is 9.95. The summed E-state index contributed by atoms with van der Waals surface area (Å²) in [6, 6.07) is 0. The van der Waals surface area contributed by atoms with Crippen LogP contribution in [0.1, 0.15) is 181 Å². The van der Waals surface area contributed by atoms with Crippen LogP contribution in [-0.4, -0.2) is 74.2 Å². The predicted molar refractivity (Wildman–Crippen MR) is 223 cm³/mol. The molecule has 0 saturated carbocycles. The summed E-state index contributed by atoms with van der Waals surface area (Å²) in [7, 11) is 0. The first-order valence-electron chi connectivity index (χ1n) is 22.0. The van der Waals surface area contributed by atoms with Gasteiger partial charge in [0.05, 0.1) is 26.1 Å². The maximum atomic E-state index is 12.2. The van der Waals surface area contributed by atoms with E-state index in [-0.39, 0.29) is 11.9 Å². The Balaban J connectivity index is 1.86. The van der Waals surface area contributed by atoms with E-state index in [9.17, 15) is 9.59 Å². The Labute approximate surface area is 321 Å². The van der Waals surface area contributed by atoms with Gasteiger partial charge in [0.25, 0.3) is 0 Å². The van der Waals surface area contributed by atoms with Crippen molar-refractivity contribution in [2.24, 2.45) is 0 Å². The van der Waals surface area contributed by atoms with Gasteiger partial charge in [0.1, 0.15) is 0 Å². The van der Waals surface area contributed by atoms with E-state index in [1.54, 1.807) is 0 Å². The number of esters is 2. The van der Waals surface area contributed by atoms with Crippen molar-refractivity contribution in [2.75, 3.05) is 52.5 Å². The molecule has 1 saturated heterocycles. The molecule has 1 aliphatic heterocycles. The molecular formula is C46H82N2O4. The molecule has 6 nitrogen and oxygen atoms in total. The minimum Gasteiger partial charge on any atom is -0.466 e. The van der Waals surface area contributed by atoms with Crippen molar-refractivity contribution in [2.45, 2.75) is 181 Å². The number of carbonyl (C=O) groups excluding carboxylic acids is 2. The Morgan fingerprint density at radius 3 is 1.08 bits per heavy atom. The number of carbonyl (C=O) groups is 2. The fraction of sp³-hybridized carbons (Fsp3) is 0.783. The summed E-state index contributed by atoms with van der Waals surface area (Å²) in [5, 5.41) is 0. The van der Waals surface area contributed by atoms with Crippen molar-refractivity contribution in [3.05, 3.63) is 48.6 Å². The van der Waals surface area contributed by atoms with Crippen molar-refractivity contribution >= 4 is 11.9 Å². The van der Waals surface area contributed by atoms with E-state index in [4.69, 9.17) is 9.47 Å². The third kappa shape index (κ3) is 33.6. The van der Waals surface area contributed by atoms with E-state index in [1.807, 2.05) is 0 Å². The van der Waals surface area contributed by atoms with Gasteiger partial charge in [-0.3, -0.25) is 9.59 Å². The van der Waals surface area contributed by atoms with Crippen molar-refractivity contribution in [3.63, 3.8) is 0 Å². The van der Waals surface area contributed by atoms with Crippen molar-refractivity contribution in [1.29, 1.82) is 0 Å². The molecule has 0 aromatic heterocycles. The Bertz CT molecular complexity index is 845. The summed E-state index contributed by atoms with van der Waals surface area (Å²) in [5.74, 6) is -0.153. The molecule has 300 valence electrons. The van der Waals surface area contributed by atoms with E-state index in [1.165, 1.54) is 116 Å². The first-order valence-corrected chi connectivity index (χ1v) is 22.0. The highest BCUT2D eigenvalue weighted by Crippen LogP contribution is 2.11. The molecule has 0 aliphatic carbocycles. The minimum atomic E-state index is -0.0763. The van der Waals surface area contributed by atoms with E-state index in [0.29, 0.717) is 26.1 Å². The average molecular weight is 727 g/mol. The van der Waals surface area contributed by atoms with Crippen LogP contribution < -0.4 is 0 Å². The zero-order valence-electron chi connectivity index (χ0n) is 34.2. The largest absolute Gasteiger partial charge is 0.466 e. The zero-order valence-corrected chi connectivity index (χ0v) is 34.2. The topological polar surface area (TPSA) is 59.1 Å². The maximum Gasteiger partial charge on any atom is 0.307 e. The number of nitrogens with zero attached hydrogens (tertiary/aromatic N) is 2. The highest BCUT2D eigenvalue weighted by atomic mass is 16.5. The zero-order chi connectivity index (χ0) is 37.4. The van der Waals surface area contributed by atoms with E-state index in [2.05, 4.69) is 72.3 Å². The third-order valence-corrected chi connectivity index (χ3v) is 9.95. The number of allylic oxidation sites excluding steroid dienone is 8.